The molecular weight excluding hydrogens is 466 g/mol. The van der Waals surface area contributed by atoms with Crippen LogP contribution in [0.15, 0.2) is 89.8 Å². The van der Waals surface area contributed by atoms with Crippen molar-refractivity contribution in [3.63, 3.8) is 0 Å². The van der Waals surface area contributed by atoms with Gasteiger partial charge in [-0.1, -0.05) is 78.9 Å². The Bertz CT molecular complexity index is 1280. The van der Waals surface area contributed by atoms with Crippen LogP contribution in [-0.4, -0.2) is 44.8 Å². The number of fused-ring (bicyclic) bond motifs is 2. The van der Waals surface area contributed by atoms with Crippen LogP contribution < -0.4 is 0 Å². The Morgan fingerprint density at radius 2 is 1.50 bits per heavy atom. The molecule has 2 fully saturated rings. The Kier molecular flexibility index (Phi) is 6.49. The third-order valence-electron chi connectivity index (χ3n) is 8.77. The fraction of sp³-hybridized carbons (Fsp3) is 0.419. The van der Waals surface area contributed by atoms with E-state index in [4.69, 9.17) is 4.74 Å². The van der Waals surface area contributed by atoms with Crippen LogP contribution in [0.25, 0.3) is 0 Å². The van der Waals surface area contributed by atoms with E-state index in [0.29, 0.717) is 23.3 Å². The Morgan fingerprint density at radius 3 is 2.25 bits per heavy atom. The van der Waals surface area contributed by atoms with Gasteiger partial charge in [-0.3, -0.25) is 0 Å². The fourth-order valence-electron chi connectivity index (χ4n) is 6.91. The maximum atomic E-state index is 12.9. The minimum atomic E-state index is -3.17. The van der Waals surface area contributed by atoms with Crippen LogP contribution in [0.1, 0.15) is 48.3 Å². The highest BCUT2D eigenvalue weighted by molar-refractivity contribution is 7.91. The minimum Gasteiger partial charge on any atom is -0.374 e. The predicted molar refractivity (Wildman–Crippen MR) is 143 cm³/mol. The van der Waals surface area contributed by atoms with Gasteiger partial charge in [-0.25, -0.2) is 8.42 Å². The maximum Gasteiger partial charge on any atom is 0.179 e. The van der Waals surface area contributed by atoms with E-state index in [2.05, 4.69) is 59.5 Å². The van der Waals surface area contributed by atoms with Gasteiger partial charge in [0.05, 0.1) is 23.4 Å². The van der Waals surface area contributed by atoms with E-state index in [-0.39, 0.29) is 17.3 Å². The number of hydrogen-bond donors (Lipinski definition) is 0. The first-order valence-corrected chi connectivity index (χ1v) is 14.9. The zero-order chi connectivity index (χ0) is 24.6. The Balaban J connectivity index is 1.14. The van der Waals surface area contributed by atoms with E-state index in [1.807, 2.05) is 24.3 Å². The van der Waals surface area contributed by atoms with Gasteiger partial charge < -0.3 is 9.64 Å². The van der Waals surface area contributed by atoms with Gasteiger partial charge in [0.25, 0.3) is 0 Å². The summed E-state index contributed by atoms with van der Waals surface area (Å²) in [6.07, 6.45) is 4.24. The first kappa shape index (κ1) is 23.9. The van der Waals surface area contributed by atoms with Crippen LogP contribution >= 0.6 is 0 Å². The van der Waals surface area contributed by atoms with Crippen molar-refractivity contribution in [3.05, 3.63) is 102 Å². The van der Waals surface area contributed by atoms with Gasteiger partial charge in [0.1, 0.15) is 0 Å². The van der Waals surface area contributed by atoms with Gasteiger partial charge in [-0.05, 0) is 73.4 Å². The molecule has 5 heteroatoms. The second kappa shape index (κ2) is 9.77. The van der Waals surface area contributed by atoms with Crippen molar-refractivity contribution in [3.8, 4) is 0 Å². The molecule has 0 N–H and O–H groups in total. The summed E-state index contributed by atoms with van der Waals surface area (Å²) in [6.45, 7) is 3.63. The molecular formula is C31H35NO3S. The molecule has 0 aromatic heterocycles. The predicted octanol–water partition coefficient (Wildman–Crippen LogP) is 5.59. The molecule has 1 saturated heterocycles. The average Bonchev–Trinajstić information content (AvgIpc) is 3.41. The van der Waals surface area contributed by atoms with Crippen molar-refractivity contribution in [1.29, 1.82) is 0 Å². The second-order valence-electron chi connectivity index (χ2n) is 11.0. The van der Waals surface area contributed by atoms with Crippen LogP contribution in [0.5, 0.6) is 0 Å². The van der Waals surface area contributed by atoms with Crippen LogP contribution in [0.2, 0.25) is 0 Å². The summed E-state index contributed by atoms with van der Waals surface area (Å²) < 4.78 is 32.1. The van der Waals surface area contributed by atoms with Crippen molar-refractivity contribution >= 4 is 9.84 Å². The molecule has 6 rings (SSSR count). The Hall–Kier alpha value is -2.47. The normalized spacial score (nSPS) is 26.7. The molecule has 3 aliphatic rings. The summed E-state index contributed by atoms with van der Waals surface area (Å²) in [6, 6.07) is 29.1. The Morgan fingerprint density at radius 1 is 0.833 bits per heavy atom. The summed E-state index contributed by atoms with van der Waals surface area (Å²) >= 11 is 0. The second-order valence-corrected chi connectivity index (χ2v) is 13.0. The van der Waals surface area contributed by atoms with Gasteiger partial charge >= 0.3 is 0 Å². The highest BCUT2D eigenvalue weighted by Crippen LogP contribution is 2.47. The molecule has 1 aliphatic carbocycles. The summed E-state index contributed by atoms with van der Waals surface area (Å²) in [5.74, 6) is 1.32. The Labute approximate surface area is 215 Å². The number of ether oxygens (including phenoxy) is 1. The highest BCUT2D eigenvalue weighted by Gasteiger charge is 2.48. The third-order valence-corrected chi connectivity index (χ3v) is 10.7. The van der Waals surface area contributed by atoms with E-state index < -0.39 is 9.84 Å². The summed E-state index contributed by atoms with van der Waals surface area (Å²) in [5.41, 5.74) is 3.49. The summed E-state index contributed by atoms with van der Waals surface area (Å²) in [5, 5.41) is 0. The van der Waals surface area contributed by atoms with Crippen LogP contribution in [-0.2, 0) is 26.6 Å². The molecule has 3 aromatic rings. The average molecular weight is 502 g/mol. The number of nitrogens with zero attached hydrogens (tertiary/aromatic N) is 1. The molecule has 2 heterocycles. The first-order valence-electron chi connectivity index (χ1n) is 13.3. The van der Waals surface area contributed by atoms with Crippen molar-refractivity contribution in [2.45, 2.75) is 54.6 Å². The number of sulfone groups is 1. The summed E-state index contributed by atoms with van der Waals surface area (Å²) in [4.78, 5) is 3.15. The fourth-order valence-corrected chi connectivity index (χ4v) is 9.15. The number of rotatable bonds is 6. The molecule has 3 aromatic carbocycles. The SMILES string of the molecule is O=S1(=O)CC2(CCN(CC3CC(OCc4ccccc4)CC3c3ccccc3)CC2)c2ccccc21. The van der Waals surface area contributed by atoms with E-state index >= 15 is 0 Å². The lowest BCUT2D eigenvalue weighted by atomic mass is 9.74. The van der Waals surface area contributed by atoms with Gasteiger partial charge in [-0.2, -0.15) is 0 Å². The number of hydrogen-bond acceptors (Lipinski definition) is 4. The van der Waals surface area contributed by atoms with Gasteiger partial charge in [0, 0.05) is 12.0 Å². The van der Waals surface area contributed by atoms with E-state index in [0.717, 1.165) is 50.9 Å². The van der Waals surface area contributed by atoms with Gasteiger partial charge in [0.2, 0.25) is 0 Å². The number of likely N-dealkylation sites (tertiary alicyclic amines) is 1. The monoisotopic (exact) mass is 501 g/mol. The lowest BCUT2D eigenvalue weighted by Gasteiger charge is -2.40. The van der Waals surface area contributed by atoms with Gasteiger partial charge in [-0.15, -0.1) is 0 Å². The minimum absolute atomic E-state index is 0.207. The molecule has 36 heavy (non-hydrogen) atoms. The largest absolute Gasteiger partial charge is 0.374 e. The van der Waals surface area contributed by atoms with E-state index in [9.17, 15) is 8.42 Å². The summed E-state index contributed by atoms with van der Waals surface area (Å²) in [7, 11) is -3.17. The molecule has 188 valence electrons. The van der Waals surface area contributed by atoms with Gasteiger partial charge in [0.15, 0.2) is 9.84 Å². The topological polar surface area (TPSA) is 46.6 Å². The smallest absolute Gasteiger partial charge is 0.179 e. The third kappa shape index (κ3) is 4.65. The van der Waals surface area contributed by atoms with Crippen LogP contribution in [0.4, 0.5) is 0 Å². The highest BCUT2D eigenvalue weighted by atomic mass is 32.2. The quantitative estimate of drug-likeness (QED) is 0.442. The molecule has 3 atom stereocenters. The van der Waals surface area contributed by atoms with Crippen molar-refractivity contribution in [1.82, 2.24) is 4.90 Å². The molecule has 2 aliphatic heterocycles. The molecule has 0 radical (unpaired) electrons. The molecule has 4 nitrogen and oxygen atoms in total. The zero-order valence-corrected chi connectivity index (χ0v) is 21.6. The van der Waals surface area contributed by atoms with Crippen LogP contribution in [0.3, 0.4) is 0 Å². The first-order chi connectivity index (χ1) is 17.5. The molecule has 0 bridgehead atoms. The lowest BCUT2D eigenvalue weighted by molar-refractivity contribution is 0.0405. The van der Waals surface area contributed by atoms with Crippen LogP contribution in [0, 0.1) is 5.92 Å². The molecule has 1 saturated carbocycles. The maximum absolute atomic E-state index is 12.9. The van der Waals surface area contributed by atoms with Crippen molar-refractivity contribution in [2.75, 3.05) is 25.4 Å². The number of piperidine rings is 1. The molecule has 3 unspecified atom stereocenters. The van der Waals surface area contributed by atoms with Crippen molar-refractivity contribution < 1.29 is 13.2 Å². The zero-order valence-electron chi connectivity index (χ0n) is 20.8. The van der Waals surface area contributed by atoms with E-state index in [1.165, 1.54) is 11.1 Å². The van der Waals surface area contributed by atoms with E-state index in [1.54, 1.807) is 6.07 Å². The molecule has 0 amide bonds. The standard InChI is InChI=1S/C31H35NO3S/c33-36(34)23-31(29-13-7-8-14-30(29)36)15-17-32(18-16-31)21-26-19-27(35-22-24-9-3-1-4-10-24)20-28(26)25-11-5-2-6-12-25/h1-14,26-28H,15-23H2. The molecule has 1 spiro atoms. The lowest BCUT2D eigenvalue weighted by Crippen LogP contribution is -2.45. The van der Waals surface area contributed by atoms with Crippen molar-refractivity contribution in [2.24, 2.45) is 5.92 Å². The number of benzene rings is 3.